The van der Waals surface area contributed by atoms with Gasteiger partial charge in [-0.1, -0.05) is 19.9 Å². The Labute approximate surface area is 200 Å². The number of carbonyl (C=O) groups excluding carboxylic acids is 1. The summed E-state index contributed by atoms with van der Waals surface area (Å²) in [5.74, 6) is 0.211. The Morgan fingerprint density at radius 3 is 2.59 bits per heavy atom. The molecule has 0 aromatic heterocycles. The van der Waals surface area contributed by atoms with Crippen molar-refractivity contribution in [2.45, 2.75) is 63.3 Å². The smallest absolute Gasteiger partial charge is 0.262 e. The van der Waals surface area contributed by atoms with Crippen LogP contribution in [0.2, 0.25) is 0 Å². The van der Waals surface area contributed by atoms with Crippen LogP contribution in [0.4, 0.5) is 4.39 Å². The minimum atomic E-state index is -1.56. The molecule has 7 nitrogen and oxygen atoms in total. The number of guanidine groups is 1. The second kappa shape index (κ2) is 8.03. The summed E-state index contributed by atoms with van der Waals surface area (Å²) in [5.41, 5.74) is 5.34. The molecule has 5 rings (SSSR count). The van der Waals surface area contributed by atoms with Crippen LogP contribution in [-0.4, -0.2) is 55.4 Å². The number of hydrogen-bond donors (Lipinski definition) is 1. The summed E-state index contributed by atoms with van der Waals surface area (Å²) in [6.45, 7) is 4.85. The van der Waals surface area contributed by atoms with Crippen molar-refractivity contribution in [2.75, 3.05) is 26.9 Å². The number of alkyl halides is 1. The highest BCUT2D eigenvalue weighted by Gasteiger charge is 2.68. The average Bonchev–Trinajstić information content (AvgIpc) is 3.19. The van der Waals surface area contributed by atoms with Crippen LogP contribution in [0.3, 0.4) is 0 Å². The van der Waals surface area contributed by atoms with Gasteiger partial charge < -0.3 is 15.2 Å². The van der Waals surface area contributed by atoms with Crippen molar-refractivity contribution >= 4 is 11.9 Å². The van der Waals surface area contributed by atoms with Gasteiger partial charge in [0.25, 0.3) is 5.91 Å². The van der Waals surface area contributed by atoms with Gasteiger partial charge in [-0.25, -0.2) is 9.38 Å². The highest BCUT2D eigenvalue weighted by Crippen LogP contribution is 2.63. The van der Waals surface area contributed by atoms with E-state index in [4.69, 9.17) is 20.2 Å². The summed E-state index contributed by atoms with van der Waals surface area (Å²) in [5, 5.41) is 9.59. The van der Waals surface area contributed by atoms with Gasteiger partial charge in [0, 0.05) is 38.6 Å². The fraction of sp³-hybridized carbons (Fsp3) is 0.654. The minimum Gasteiger partial charge on any atom is -0.381 e. The van der Waals surface area contributed by atoms with Gasteiger partial charge in [0.1, 0.15) is 5.67 Å². The van der Waals surface area contributed by atoms with Gasteiger partial charge in [0.05, 0.1) is 24.3 Å². The minimum absolute atomic E-state index is 0.0669. The molecule has 2 aliphatic carbocycles. The van der Waals surface area contributed by atoms with Crippen LogP contribution in [0.1, 0.15) is 56.2 Å². The molecule has 1 aromatic carbocycles. The van der Waals surface area contributed by atoms with Crippen LogP contribution in [0.25, 0.3) is 0 Å². The van der Waals surface area contributed by atoms with E-state index in [1.807, 2.05) is 6.07 Å². The molecule has 2 spiro atoms. The third-order valence-electron chi connectivity index (χ3n) is 8.69. The fourth-order valence-electron chi connectivity index (χ4n) is 7.36. The largest absolute Gasteiger partial charge is 0.381 e. The second-order valence-corrected chi connectivity index (χ2v) is 10.8. The van der Waals surface area contributed by atoms with Crippen molar-refractivity contribution in [2.24, 2.45) is 28.0 Å². The number of carbonyl (C=O) groups is 1. The van der Waals surface area contributed by atoms with Gasteiger partial charge in [0.15, 0.2) is 11.5 Å². The van der Waals surface area contributed by atoms with E-state index >= 15 is 4.39 Å². The fourth-order valence-corrected chi connectivity index (χ4v) is 7.36. The molecule has 2 fully saturated rings. The highest BCUT2D eigenvalue weighted by molar-refractivity contribution is 6.08. The monoisotopic (exact) mass is 468 g/mol. The van der Waals surface area contributed by atoms with E-state index in [1.54, 1.807) is 19.2 Å². The van der Waals surface area contributed by atoms with Crippen molar-refractivity contribution in [3.63, 3.8) is 0 Å². The van der Waals surface area contributed by atoms with Crippen LogP contribution >= 0.6 is 0 Å². The van der Waals surface area contributed by atoms with Crippen molar-refractivity contribution in [3.8, 4) is 6.07 Å². The number of benzene rings is 1. The first-order valence-corrected chi connectivity index (χ1v) is 12.2. The summed E-state index contributed by atoms with van der Waals surface area (Å²) in [7, 11) is 1.74. The maximum atomic E-state index is 15.7. The Hall–Kier alpha value is -2.50. The number of hydrogen-bond acceptors (Lipinski definition) is 6. The number of nitrogens with zero attached hydrogens (tertiary/aromatic N) is 3. The Bertz CT molecular complexity index is 1060. The van der Waals surface area contributed by atoms with Crippen molar-refractivity contribution < 1.29 is 18.7 Å². The average molecular weight is 469 g/mol. The Morgan fingerprint density at radius 2 is 1.97 bits per heavy atom. The normalized spacial score (nSPS) is 36.6. The van der Waals surface area contributed by atoms with Gasteiger partial charge in [-0.2, -0.15) is 5.26 Å². The van der Waals surface area contributed by atoms with Gasteiger partial charge >= 0.3 is 0 Å². The molecule has 1 saturated carbocycles. The van der Waals surface area contributed by atoms with Crippen LogP contribution in [0.5, 0.6) is 0 Å². The zero-order valence-electron chi connectivity index (χ0n) is 20.1. The summed E-state index contributed by atoms with van der Waals surface area (Å²) >= 11 is 0. The molecule has 1 amide bonds. The summed E-state index contributed by atoms with van der Waals surface area (Å²) in [6.07, 6.45) is 2.67. The molecular formula is C26H33FN4O3. The standard InChI is InChI=1S/C26H33FN4O3/c1-16-11-24(12-17(2)21(16)33-3)13-19-5-4-18(14-28)10-20(19)26(24)22(32)31(23(29)30-26)15-25(27)6-8-34-9-7-25/h4-5,10,16-17,21H,6-9,11-13,15H2,1-3H3,(H2,29,30)/t16-,17+,21+,24+,26?. The molecule has 1 unspecified atom stereocenters. The van der Waals surface area contributed by atoms with Crippen LogP contribution in [0.15, 0.2) is 23.2 Å². The molecule has 0 bridgehead atoms. The third-order valence-corrected chi connectivity index (χ3v) is 8.69. The van der Waals surface area contributed by atoms with E-state index in [0.717, 1.165) is 24.0 Å². The molecule has 2 N–H and O–H groups in total. The molecule has 8 heteroatoms. The second-order valence-electron chi connectivity index (χ2n) is 10.8. The molecule has 1 saturated heterocycles. The molecule has 34 heavy (non-hydrogen) atoms. The van der Waals surface area contributed by atoms with Crippen LogP contribution < -0.4 is 5.73 Å². The Morgan fingerprint density at radius 1 is 1.29 bits per heavy atom. The van der Waals surface area contributed by atoms with Gasteiger partial charge in [-0.15, -0.1) is 0 Å². The predicted octanol–water partition coefficient (Wildman–Crippen LogP) is 3.05. The first-order valence-electron chi connectivity index (χ1n) is 12.2. The molecule has 2 heterocycles. The quantitative estimate of drug-likeness (QED) is 0.735. The lowest BCUT2D eigenvalue weighted by Gasteiger charge is -2.50. The van der Waals surface area contributed by atoms with E-state index in [-0.39, 0.29) is 49.2 Å². The first-order chi connectivity index (χ1) is 16.2. The SMILES string of the molecule is CO[C@H]1[C@H](C)C[C@@]2(Cc3ccc(C#N)cc3C23N=C(N)N(CC2(F)CCOCC2)C3=O)C[C@@H]1C. The van der Waals surface area contributed by atoms with Gasteiger partial charge in [-0.3, -0.25) is 9.69 Å². The Balaban J connectivity index is 1.62. The number of fused-ring (bicyclic) bond motifs is 3. The van der Waals surface area contributed by atoms with E-state index in [0.29, 0.717) is 25.2 Å². The van der Waals surface area contributed by atoms with Crippen LogP contribution in [0, 0.1) is 28.6 Å². The van der Waals surface area contributed by atoms with E-state index in [1.165, 1.54) is 4.90 Å². The number of aliphatic imine (C=N–C) groups is 1. The van der Waals surface area contributed by atoms with Crippen molar-refractivity contribution in [1.82, 2.24) is 4.90 Å². The highest BCUT2D eigenvalue weighted by atomic mass is 19.1. The maximum Gasteiger partial charge on any atom is 0.262 e. The van der Waals surface area contributed by atoms with E-state index in [2.05, 4.69) is 19.9 Å². The first kappa shape index (κ1) is 23.3. The van der Waals surface area contributed by atoms with E-state index in [9.17, 15) is 10.1 Å². The summed E-state index contributed by atoms with van der Waals surface area (Å²) in [6, 6.07) is 7.73. The van der Waals surface area contributed by atoms with Crippen LogP contribution in [-0.2, 0) is 26.2 Å². The number of ether oxygens (including phenoxy) is 2. The lowest BCUT2D eigenvalue weighted by atomic mass is 9.56. The molecule has 4 aliphatic rings. The predicted molar refractivity (Wildman–Crippen MR) is 125 cm³/mol. The lowest BCUT2D eigenvalue weighted by molar-refractivity contribution is -0.144. The molecule has 182 valence electrons. The molecule has 5 atom stereocenters. The summed E-state index contributed by atoms with van der Waals surface area (Å²) in [4.78, 5) is 20.7. The summed E-state index contributed by atoms with van der Waals surface area (Å²) < 4.78 is 26.8. The van der Waals surface area contributed by atoms with Crippen molar-refractivity contribution in [3.05, 3.63) is 34.9 Å². The molecular weight excluding hydrogens is 435 g/mol. The lowest BCUT2D eigenvalue weighted by Crippen LogP contribution is -2.57. The van der Waals surface area contributed by atoms with Gasteiger partial charge in [-0.05, 0) is 54.4 Å². The molecule has 1 aromatic rings. The number of methoxy groups -OCH3 is 1. The zero-order valence-corrected chi connectivity index (χ0v) is 20.1. The number of rotatable bonds is 3. The topological polar surface area (TPSA) is 101 Å². The molecule has 0 radical (unpaired) electrons. The number of amides is 1. The molecule has 2 aliphatic heterocycles. The third kappa shape index (κ3) is 3.20. The maximum absolute atomic E-state index is 15.7. The van der Waals surface area contributed by atoms with Crippen molar-refractivity contribution in [1.29, 1.82) is 5.26 Å². The number of halogens is 1. The number of nitrogens with two attached hydrogens (primary N) is 1. The van der Waals surface area contributed by atoms with E-state index < -0.39 is 16.6 Å². The van der Waals surface area contributed by atoms with Gasteiger partial charge in [0.2, 0.25) is 0 Å². The number of nitriles is 1. The Kier molecular flexibility index (Phi) is 5.49. The zero-order chi connectivity index (χ0) is 24.3.